The SMILES string of the molecule is C=CCOc1ccc(/C=c2/sc3n(c2=O)C(c2ccc(OC(=O)c4ccco4)cc2)C(C(=O)OC)=C(C)N=3)cc1. The predicted octanol–water partition coefficient (Wildman–Crippen LogP) is 3.79. The molecule has 1 unspecified atom stereocenters. The fraction of sp³-hybridized carbons (Fsp3) is 0.133. The highest BCUT2D eigenvalue weighted by molar-refractivity contribution is 7.07. The van der Waals surface area contributed by atoms with Crippen LogP contribution in [0.5, 0.6) is 11.5 Å². The summed E-state index contributed by atoms with van der Waals surface area (Å²) < 4.78 is 23.0. The Hall–Kier alpha value is -4.96. The zero-order valence-electron chi connectivity index (χ0n) is 21.7. The minimum Gasteiger partial charge on any atom is -0.490 e. The highest BCUT2D eigenvalue weighted by Gasteiger charge is 2.33. The van der Waals surface area contributed by atoms with Crippen molar-refractivity contribution in [2.75, 3.05) is 13.7 Å². The summed E-state index contributed by atoms with van der Waals surface area (Å²) in [4.78, 5) is 43.8. The Morgan fingerprint density at radius 1 is 1.07 bits per heavy atom. The number of esters is 2. The molecule has 2 aromatic carbocycles. The highest BCUT2D eigenvalue weighted by Crippen LogP contribution is 2.31. The monoisotopic (exact) mass is 556 g/mol. The van der Waals surface area contributed by atoms with Gasteiger partial charge >= 0.3 is 11.9 Å². The van der Waals surface area contributed by atoms with Crippen molar-refractivity contribution in [1.29, 1.82) is 0 Å². The van der Waals surface area contributed by atoms with E-state index in [1.165, 1.54) is 35.3 Å². The summed E-state index contributed by atoms with van der Waals surface area (Å²) >= 11 is 1.23. The molecule has 5 rings (SSSR count). The van der Waals surface area contributed by atoms with E-state index in [1.807, 2.05) is 24.3 Å². The van der Waals surface area contributed by atoms with Crippen LogP contribution in [-0.2, 0) is 9.53 Å². The second kappa shape index (κ2) is 11.4. The van der Waals surface area contributed by atoms with Crippen LogP contribution >= 0.6 is 11.3 Å². The lowest BCUT2D eigenvalue weighted by Crippen LogP contribution is -2.39. The third kappa shape index (κ3) is 5.29. The van der Waals surface area contributed by atoms with Gasteiger partial charge in [-0.25, -0.2) is 14.6 Å². The third-order valence-electron chi connectivity index (χ3n) is 6.10. The molecule has 0 saturated heterocycles. The van der Waals surface area contributed by atoms with Gasteiger partial charge in [-0.15, -0.1) is 0 Å². The number of thiazole rings is 1. The fourth-order valence-corrected chi connectivity index (χ4v) is 5.29. The van der Waals surface area contributed by atoms with Gasteiger partial charge in [0.05, 0.1) is 35.2 Å². The average molecular weight is 557 g/mol. The normalized spacial score (nSPS) is 14.8. The van der Waals surface area contributed by atoms with E-state index in [0.717, 1.165) is 5.56 Å². The van der Waals surface area contributed by atoms with Gasteiger partial charge < -0.3 is 18.6 Å². The smallest absolute Gasteiger partial charge is 0.379 e. The number of hydrogen-bond donors (Lipinski definition) is 0. The van der Waals surface area contributed by atoms with Gasteiger partial charge in [0.25, 0.3) is 5.56 Å². The molecule has 0 radical (unpaired) electrons. The number of carbonyl (C=O) groups excluding carboxylic acids is 2. The Kier molecular flexibility index (Phi) is 7.61. The van der Waals surface area contributed by atoms with Crippen molar-refractivity contribution in [1.82, 2.24) is 4.57 Å². The summed E-state index contributed by atoms with van der Waals surface area (Å²) in [5.41, 5.74) is 1.80. The number of benzene rings is 2. The molecule has 0 saturated carbocycles. The van der Waals surface area contributed by atoms with Crippen LogP contribution in [-0.4, -0.2) is 30.2 Å². The summed E-state index contributed by atoms with van der Waals surface area (Å²) in [5.74, 6) is -0.198. The Morgan fingerprint density at radius 2 is 1.80 bits per heavy atom. The summed E-state index contributed by atoms with van der Waals surface area (Å²) in [6.07, 6.45) is 4.82. The molecular weight excluding hydrogens is 532 g/mol. The van der Waals surface area contributed by atoms with Crippen LogP contribution in [0.3, 0.4) is 0 Å². The minimum absolute atomic E-state index is 0.0710. The van der Waals surface area contributed by atoms with Crippen LogP contribution in [0.4, 0.5) is 0 Å². The Bertz CT molecular complexity index is 1780. The van der Waals surface area contributed by atoms with E-state index >= 15 is 0 Å². The van der Waals surface area contributed by atoms with Gasteiger partial charge in [-0.1, -0.05) is 48.3 Å². The number of furan rings is 1. The molecule has 2 aromatic heterocycles. The van der Waals surface area contributed by atoms with Gasteiger partial charge in [-0.3, -0.25) is 9.36 Å². The molecule has 0 spiro atoms. The predicted molar refractivity (Wildman–Crippen MR) is 148 cm³/mol. The summed E-state index contributed by atoms with van der Waals surface area (Å²) in [6.45, 7) is 5.74. The van der Waals surface area contributed by atoms with Crippen molar-refractivity contribution in [3.63, 3.8) is 0 Å². The number of rotatable bonds is 8. The zero-order chi connectivity index (χ0) is 28.2. The van der Waals surface area contributed by atoms with Gasteiger partial charge in [-0.05, 0) is 60.5 Å². The van der Waals surface area contributed by atoms with Crippen LogP contribution < -0.4 is 24.4 Å². The van der Waals surface area contributed by atoms with Crippen molar-refractivity contribution >= 4 is 29.4 Å². The van der Waals surface area contributed by atoms with Gasteiger partial charge in [0.2, 0.25) is 5.76 Å². The molecule has 9 nitrogen and oxygen atoms in total. The quantitative estimate of drug-likeness (QED) is 0.185. The molecule has 1 aliphatic rings. The van der Waals surface area contributed by atoms with Crippen molar-refractivity contribution in [3.8, 4) is 11.5 Å². The molecule has 40 heavy (non-hydrogen) atoms. The van der Waals surface area contributed by atoms with Crippen molar-refractivity contribution in [3.05, 3.63) is 127 Å². The minimum atomic E-state index is -0.796. The molecule has 0 bridgehead atoms. The first kappa shape index (κ1) is 26.6. The molecule has 4 aromatic rings. The summed E-state index contributed by atoms with van der Waals surface area (Å²) in [6, 6.07) is 16.2. The van der Waals surface area contributed by atoms with Gasteiger partial charge in [0, 0.05) is 0 Å². The maximum atomic E-state index is 13.7. The average Bonchev–Trinajstić information content (AvgIpc) is 3.61. The van der Waals surface area contributed by atoms with Crippen LogP contribution in [0.1, 0.15) is 34.6 Å². The second-order valence-electron chi connectivity index (χ2n) is 8.68. The zero-order valence-corrected chi connectivity index (χ0v) is 22.5. The molecule has 1 atom stereocenters. The summed E-state index contributed by atoms with van der Waals surface area (Å²) in [5, 5.41) is 0. The number of carbonyl (C=O) groups is 2. The molecule has 10 heteroatoms. The standard InChI is InChI=1S/C30H24N2O7S/c1-4-15-37-21-11-7-19(8-12-21)17-24-27(33)32-26(25(29(35)36-3)18(2)31-30(32)40-24)20-9-13-22(14-10-20)39-28(34)23-6-5-16-38-23/h4-14,16-17,26H,1,15H2,2-3H3/b24-17+. The Morgan fingerprint density at radius 3 is 2.45 bits per heavy atom. The van der Waals surface area contributed by atoms with E-state index in [1.54, 1.807) is 49.4 Å². The lowest BCUT2D eigenvalue weighted by atomic mass is 9.96. The topological polar surface area (TPSA) is 109 Å². The third-order valence-corrected chi connectivity index (χ3v) is 7.08. The first-order chi connectivity index (χ1) is 19.4. The first-order valence-corrected chi connectivity index (χ1v) is 13.0. The molecule has 0 N–H and O–H groups in total. The van der Waals surface area contributed by atoms with Crippen LogP contribution in [0.2, 0.25) is 0 Å². The molecule has 202 valence electrons. The van der Waals surface area contributed by atoms with E-state index in [9.17, 15) is 14.4 Å². The Labute approximate surface area is 232 Å². The lowest BCUT2D eigenvalue weighted by Gasteiger charge is -2.24. The largest absolute Gasteiger partial charge is 0.490 e. The first-order valence-electron chi connectivity index (χ1n) is 12.2. The van der Waals surface area contributed by atoms with E-state index in [2.05, 4.69) is 11.6 Å². The van der Waals surface area contributed by atoms with E-state index < -0.39 is 18.0 Å². The Balaban J connectivity index is 1.53. The highest BCUT2D eigenvalue weighted by atomic mass is 32.1. The van der Waals surface area contributed by atoms with Crippen molar-refractivity contribution < 1.29 is 28.2 Å². The maximum Gasteiger partial charge on any atom is 0.379 e. The van der Waals surface area contributed by atoms with Crippen LogP contribution in [0, 0.1) is 0 Å². The molecule has 0 amide bonds. The molecular formula is C30H24N2O7S. The lowest BCUT2D eigenvalue weighted by molar-refractivity contribution is -0.136. The molecule has 1 aliphatic heterocycles. The number of nitrogens with zero attached hydrogens (tertiary/aromatic N) is 2. The maximum absolute atomic E-state index is 13.7. The van der Waals surface area contributed by atoms with Crippen LogP contribution in [0.15, 0.2) is 105 Å². The number of fused-ring (bicyclic) bond motifs is 1. The van der Waals surface area contributed by atoms with E-state index in [0.29, 0.717) is 33.0 Å². The van der Waals surface area contributed by atoms with Gasteiger partial charge in [-0.2, -0.15) is 0 Å². The number of hydrogen-bond acceptors (Lipinski definition) is 9. The van der Waals surface area contributed by atoms with Crippen molar-refractivity contribution in [2.24, 2.45) is 4.99 Å². The number of allylic oxidation sites excluding steroid dienone is 1. The number of ether oxygens (including phenoxy) is 3. The molecule has 0 aliphatic carbocycles. The van der Waals surface area contributed by atoms with Crippen molar-refractivity contribution in [2.45, 2.75) is 13.0 Å². The van der Waals surface area contributed by atoms with E-state index in [4.69, 9.17) is 18.6 Å². The van der Waals surface area contributed by atoms with Crippen LogP contribution in [0.25, 0.3) is 6.08 Å². The van der Waals surface area contributed by atoms with Gasteiger partial charge in [0.15, 0.2) is 4.80 Å². The molecule has 0 fully saturated rings. The fourth-order valence-electron chi connectivity index (χ4n) is 4.25. The molecule has 3 heterocycles. The number of methoxy groups -OCH3 is 1. The number of aromatic nitrogens is 1. The van der Waals surface area contributed by atoms with E-state index in [-0.39, 0.29) is 22.6 Å². The summed E-state index contributed by atoms with van der Waals surface area (Å²) in [7, 11) is 1.28. The van der Waals surface area contributed by atoms with Gasteiger partial charge in [0.1, 0.15) is 18.1 Å². The second-order valence-corrected chi connectivity index (χ2v) is 9.69.